The van der Waals surface area contributed by atoms with Crippen LogP contribution < -0.4 is 14.4 Å². The molecule has 0 radical (unpaired) electrons. The van der Waals surface area contributed by atoms with Crippen LogP contribution in [0.3, 0.4) is 0 Å². The van der Waals surface area contributed by atoms with Crippen LogP contribution in [0.5, 0.6) is 5.75 Å². The van der Waals surface area contributed by atoms with E-state index in [0.717, 1.165) is 22.2 Å². The fraction of sp³-hybridized carbons (Fsp3) is 0.235. The molecule has 1 aliphatic rings. The Bertz CT molecular complexity index is 981. The molecule has 1 atom stereocenters. The van der Waals surface area contributed by atoms with E-state index < -0.39 is 27.9 Å². The predicted octanol–water partition coefficient (Wildman–Crippen LogP) is 2.95. The Hall–Kier alpha value is -2.32. The van der Waals surface area contributed by atoms with Gasteiger partial charge in [0.15, 0.2) is 6.10 Å². The molecule has 1 heterocycles. The van der Waals surface area contributed by atoms with Crippen LogP contribution in [0, 0.1) is 12.7 Å². The fourth-order valence-corrected chi connectivity index (χ4v) is 3.70. The first-order valence-electron chi connectivity index (χ1n) is 7.66. The van der Waals surface area contributed by atoms with Crippen molar-refractivity contribution in [1.82, 2.24) is 0 Å². The Kier molecular flexibility index (Phi) is 4.81. The number of anilines is 2. The Morgan fingerprint density at radius 1 is 1.31 bits per heavy atom. The van der Waals surface area contributed by atoms with Gasteiger partial charge in [-0.05, 0) is 42.8 Å². The molecule has 2 aromatic rings. The number of nitrogens with one attached hydrogen (secondary N) is 1. The largest absolute Gasteiger partial charge is 0.476 e. The summed E-state index contributed by atoms with van der Waals surface area (Å²) in [5.74, 6) is -0.872. The van der Waals surface area contributed by atoms with Gasteiger partial charge in [-0.2, -0.15) is 0 Å². The number of hydrogen-bond donors (Lipinski definition) is 1. The lowest BCUT2D eigenvalue weighted by Gasteiger charge is -2.34. The molecule has 0 bridgehead atoms. The molecule has 6 nitrogen and oxygen atoms in total. The highest BCUT2D eigenvalue weighted by Gasteiger charge is 2.35. The number of nitrogens with zero attached hydrogens (tertiary/aromatic N) is 1. The highest BCUT2D eigenvalue weighted by Crippen LogP contribution is 2.36. The van der Waals surface area contributed by atoms with Gasteiger partial charge in [-0.1, -0.05) is 17.7 Å². The molecular weight excluding hydrogens is 383 g/mol. The summed E-state index contributed by atoms with van der Waals surface area (Å²) in [6, 6.07) is 8.82. The van der Waals surface area contributed by atoms with Gasteiger partial charge in [0.05, 0.1) is 23.5 Å². The minimum Gasteiger partial charge on any atom is -0.476 e. The molecule has 3 rings (SSSR count). The second-order valence-corrected chi connectivity index (χ2v) is 8.30. The maximum Gasteiger partial charge on any atom is 0.267 e. The number of carbonyl (C=O) groups excluding carboxylic acids is 1. The summed E-state index contributed by atoms with van der Waals surface area (Å²) in [7, 11) is -3.61. The molecule has 2 aromatic carbocycles. The van der Waals surface area contributed by atoms with E-state index in [2.05, 4.69) is 5.32 Å². The number of carbonyl (C=O) groups is 1. The van der Waals surface area contributed by atoms with Crippen molar-refractivity contribution in [3.63, 3.8) is 0 Å². The molecule has 0 fully saturated rings. The monoisotopic (exact) mass is 398 g/mol. The first kappa shape index (κ1) is 18.5. The summed E-state index contributed by atoms with van der Waals surface area (Å²) in [5.41, 5.74) is 1.54. The summed E-state index contributed by atoms with van der Waals surface area (Å²) in [4.78, 5) is 12.5. The highest BCUT2D eigenvalue weighted by molar-refractivity contribution is 7.92. The quantitative estimate of drug-likeness (QED) is 0.862. The molecule has 1 amide bonds. The van der Waals surface area contributed by atoms with Gasteiger partial charge in [-0.15, -0.1) is 0 Å². The molecule has 1 N–H and O–H groups in total. The van der Waals surface area contributed by atoms with Gasteiger partial charge in [0.1, 0.15) is 11.6 Å². The van der Waals surface area contributed by atoms with Crippen LogP contribution in [0.25, 0.3) is 0 Å². The smallest absolute Gasteiger partial charge is 0.267 e. The van der Waals surface area contributed by atoms with Crippen LogP contribution >= 0.6 is 11.6 Å². The topological polar surface area (TPSA) is 75.7 Å². The zero-order valence-electron chi connectivity index (χ0n) is 14.0. The van der Waals surface area contributed by atoms with Gasteiger partial charge < -0.3 is 10.1 Å². The number of rotatable bonds is 3. The lowest BCUT2D eigenvalue weighted by Crippen LogP contribution is -2.48. The fourth-order valence-electron chi connectivity index (χ4n) is 2.61. The van der Waals surface area contributed by atoms with Crippen LogP contribution in [0.4, 0.5) is 15.8 Å². The highest BCUT2D eigenvalue weighted by atomic mass is 35.5. The Balaban J connectivity index is 1.88. The van der Waals surface area contributed by atoms with Crippen LogP contribution in [0.2, 0.25) is 5.02 Å². The van der Waals surface area contributed by atoms with E-state index in [-0.39, 0.29) is 17.3 Å². The number of aryl methyl sites for hydroxylation is 1. The summed E-state index contributed by atoms with van der Waals surface area (Å²) in [5, 5.41) is 2.42. The predicted molar refractivity (Wildman–Crippen MR) is 97.8 cm³/mol. The second kappa shape index (κ2) is 6.77. The van der Waals surface area contributed by atoms with Gasteiger partial charge in [-0.3, -0.25) is 9.10 Å². The Morgan fingerprint density at radius 2 is 2.04 bits per heavy atom. The van der Waals surface area contributed by atoms with E-state index >= 15 is 0 Å². The van der Waals surface area contributed by atoms with Crippen molar-refractivity contribution >= 4 is 38.9 Å². The third-order valence-corrected chi connectivity index (χ3v) is 5.30. The third-order valence-electron chi connectivity index (χ3n) is 3.86. The molecule has 9 heteroatoms. The maximum absolute atomic E-state index is 13.2. The van der Waals surface area contributed by atoms with E-state index in [0.29, 0.717) is 11.4 Å². The van der Waals surface area contributed by atoms with E-state index in [1.807, 2.05) is 6.92 Å². The minimum atomic E-state index is -3.61. The van der Waals surface area contributed by atoms with Crippen LogP contribution in [-0.4, -0.2) is 33.2 Å². The summed E-state index contributed by atoms with van der Waals surface area (Å²) < 4.78 is 44.3. The van der Waals surface area contributed by atoms with Crippen molar-refractivity contribution in [1.29, 1.82) is 0 Å². The van der Waals surface area contributed by atoms with Crippen LogP contribution in [-0.2, 0) is 14.8 Å². The average molecular weight is 399 g/mol. The van der Waals surface area contributed by atoms with E-state index in [1.54, 1.807) is 18.2 Å². The van der Waals surface area contributed by atoms with Crippen LogP contribution in [0.15, 0.2) is 36.4 Å². The number of benzene rings is 2. The third kappa shape index (κ3) is 3.76. The van der Waals surface area contributed by atoms with Crippen molar-refractivity contribution in [3.05, 3.63) is 52.8 Å². The van der Waals surface area contributed by atoms with Crippen LogP contribution in [0.1, 0.15) is 5.56 Å². The number of hydrogen-bond acceptors (Lipinski definition) is 4. The molecule has 0 spiro atoms. The van der Waals surface area contributed by atoms with Gasteiger partial charge in [-0.25, -0.2) is 12.8 Å². The zero-order valence-corrected chi connectivity index (χ0v) is 15.6. The minimum absolute atomic E-state index is 0.133. The van der Waals surface area contributed by atoms with Gasteiger partial charge >= 0.3 is 0 Å². The molecule has 138 valence electrons. The average Bonchev–Trinajstić information content (AvgIpc) is 2.56. The zero-order chi connectivity index (χ0) is 19.1. The lowest BCUT2D eigenvalue weighted by atomic mass is 10.1. The maximum atomic E-state index is 13.2. The molecule has 0 aromatic heterocycles. The number of sulfonamides is 1. The standard InChI is InChI=1S/C17H16ClFN2O4S/c1-10-3-6-15-14(7-10)21(26(2,23)24)9-16(25-15)17(22)20-11-4-5-13(19)12(18)8-11/h3-8,16H,9H2,1-2H3,(H,20,22)/t16-/m1/s1. The van der Waals surface area contributed by atoms with Gasteiger partial charge in [0, 0.05) is 5.69 Å². The number of halogens is 2. The summed E-state index contributed by atoms with van der Waals surface area (Å²) in [6.45, 7) is 1.66. The molecular formula is C17H16ClFN2O4S. The van der Waals surface area contributed by atoms with Gasteiger partial charge in [0.2, 0.25) is 10.0 Å². The first-order chi connectivity index (χ1) is 12.1. The number of amides is 1. The van der Waals surface area contributed by atoms with E-state index in [4.69, 9.17) is 16.3 Å². The second-order valence-electron chi connectivity index (χ2n) is 5.99. The molecule has 26 heavy (non-hydrogen) atoms. The van der Waals surface area contributed by atoms with E-state index in [1.165, 1.54) is 12.1 Å². The summed E-state index contributed by atoms with van der Waals surface area (Å²) >= 11 is 5.70. The molecule has 0 saturated carbocycles. The molecule has 0 unspecified atom stereocenters. The molecule has 1 aliphatic heterocycles. The lowest BCUT2D eigenvalue weighted by molar-refractivity contribution is -0.122. The molecule has 0 saturated heterocycles. The van der Waals surface area contributed by atoms with Crippen molar-refractivity contribution < 1.29 is 22.3 Å². The van der Waals surface area contributed by atoms with Crippen molar-refractivity contribution in [3.8, 4) is 5.75 Å². The number of fused-ring (bicyclic) bond motifs is 1. The van der Waals surface area contributed by atoms with E-state index in [9.17, 15) is 17.6 Å². The van der Waals surface area contributed by atoms with Crippen molar-refractivity contribution in [2.75, 3.05) is 22.4 Å². The normalized spacial score (nSPS) is 16.6. The molecule has 0 aliphatic carbocycles. The van der Waals surface area contributed by atoms with Gasteiger partial charge in [0.25, 0.3) is 5.91 Å². The Morgan fingerprint density at radius 3 is 2.69 bits per heavy atom. The van der Waals surface area contributed by atoms with Crippen molar-refractivity contribution in [2.24, 2.45) is 0 Å². The first-order valence-corrected chi connectivity index (χ1v) is 9.89. The van der Waals surface area contributed by atoms with Crippen molar-refractivity contribution in [2.45, 2.75) is 13.0 Å². The summed E-state index contributed by atoms with van der Waals surface area (Å²) in [6.07, 6.45) is 0.00263. The Labute approximate surface area is 155 Å². The number of ether oxygens (including phenoxy) is 1. The SMILES string of the molecule is Cc1ccc2c(c1)N(S(C)(=O)=O)C[C@H](C(=O)Nc1ccc(F)c(Cl)c1)O2.